The number of nitrogens with zero attached hydrogens (tertiary/aromatic N) is 1. The smallest absolute Gasteiger partial charge is 0.136 e. The van der Waals surface area contributed by atoms with Crippen molar-refractivity contribution >= 4 is 6.29 Å². The van der Waals surface area contributed by atoms with Crippen molar-refractivity contribution in [2.24, 2.45) is 0 Å². The third-order valence-corrected chi connectivity index (χ3v) is 2.81. The van der Waals surface area contributed by atoms with Crippen molar-refractivity contribution in [2.45, 2.75) is 12.3 Å². The maximum atomic E-state index is 11.4. The van der Waals surface area contributed by atoms with Gasteiger partial charge in [0.15, 0.2) is 0 Å². The van der Waals surface area contributed by atoms with Crippen molar-refractivity contribution in [1.29, 1.82) is 0 Å². The van der Waals surface area contributed by atoms with E-state index in [9.17, 15) is 4.79 Å². The zero-order valence-corrected chi connectivity index (χ0v) is 9.13. The van der Waals surface area contributed by atoms with Crippen LogP contribution in [0.25, 0.3) is 0 Å². The first-order valence-electron chi connectivity index (χ1n) is 5.21. The van der Waals surface area contributed by atoms with Gasteiger partial charge in [-0.3, -0.25) is 4.98 Å². The number of hydrogen-bond donors (Lipinski definition) is 0. The molecule has 0 saturated heterocycles. The average molecular weight is 211 g/mol. The molecule has 1 aromatic heterocycles. The SMILES string of the molecule is CC(C=O)(c1ccccc1)c1ccccn1. The van der Waals surface area contributed by atoms with Crippen LogP contribution in [0.15, 0.2) is 54.7 Å². The monoisotopic (exact) mass is 211 g/mol. The Morgan fingerprint density at radius 2 is 1.75 bits per heavy atom. The Labute approximate surface area is 95.0 Å². The summed E-state index contributed by atoms with van der Waals surface area (Å²) in [5, 5.41) is 0. The van der Waals surface area contributed by atoms with Crippen LogP contribution in [0.3, 0.4) is 0 Å². The Bertz CT molecular complexity index is 425. The zero-order chi connectivity index (χ0) is 11.4. The van der Waals surface area contributed by atoms with Crippen molar-refractivity contribution in [3.05, 3.63) is 66.0 Å². The van der Waals surface area contributed by atoms with Crippen LogP contribution in [0.2, 0.25) is 0 Å². The Hall–Kier alpha value is -1.96. The highest BCUT2D eigenvalue weighted by atomic mass is 16.1. The van der Waals surface area contributed by atoms with Gasteiger partial charge in [-0.25, -0.2) is 0 Å². The first kappa shape index (κ1) is 10.6. The van der Waals surface area contributed by atoms with Crippen LogP contribution in [0.5, 0.6) is 0 Å². The van der Waals surface area contributed by atoms with Gasteiger partial charge in [0.05, 0.1) is 11.1 Å². The molecule has 0 bridgehead atoms. The van der Waals surface area contributed by atoms with Gasteiger partial charge in [-0.15, -0.1) is 0 Å². The van der Waals surface area contributed by atoms with Gasteiger partial charge in [0.25, 0.3) is 0 Å². The van der Waals surface area contributed by atoms with E-state index in [1.54, 1.807) is 6.20 Å². The number of hydrogen-bond acceptors (Lipinski definition) is 2. The van der Waals surface area contributed by atoms with E-state index in [1.165, 1.54) is 0 Å². The summed E-state index contributed by atoms with van der Waals surface area (Å²) in [4.78, 5) is 15.7. The highest BCUT2D eigenvalue weighted by Crippen LogP contribution is 2.27. The minimum atomic E-state index is -0.664. The van der Waals surface area contributed by atoms with E-state index in [-0.39, 0.29) is 0 Å². The molecule has 0 fully saturated rings. The number of aromatic nitrogens is 1. The van der Waals surface area contributed by atoms with Crippen molar-refractivity contribution in [3.8, 4) is 0 Å². The zero-order valence-electron chi connectivity index (χ0n) is 9.13. The maximum absolute atomic E-state index is 11.4. The highest BCUT2D eigenvalue weighted by molar-refractivity contribution is 5.73. The lowest BCUT2D eigenvalue weighted by Gasteiger charge is -2.22. The fourth-order valence-corrected chi connectivity index (χ4v) is 1.73. The second-order valence-electron chi connectivity index (χ2n) is 3.90. The van der Waals surface area contributed by atoms with Crippen LogP contribution < -0.4 is 0 Å². The summed E-state index contributed by atoms with van der Waals surface area (Å²) >= 11 is 0. The average Bonchev–Trinajstić information content (AvgIpc) is 2.40. The van der Waals surface area contributed by atoms with Gasteiger partial charge in [-0.1, -0.05) is 36.4 Å². The van der Waals surface area contributed by atoms with E-state index < -0.39 is 5.41 Å². The quantitative estimate of drug-likeness (QED) is 0.730. The van der Waals surface area contributed by atoms with Crippen LogP contribution in [0.1, 0.15) is 18.2 Å². The van der Waals surface area contributed by atoms with E-state index in [0.717, 1.165) is 17.5 Å². The molecule has 16 heavy (non-hydrogen) atoms. The fraction of sp³-hybridized carbons (Fsp3) is 0.143. The van der Waals surface area contributed by atoms with Gasteiger partial charge in [0.2, 0.25) is 0 Å². The molecule has 1 unspecified atom stereocenters. The third-order valence-electron chi connectivity index (χ3n) is 2.81. The van der Waals surface area contributed by atoms with Gasteiger partial charge in [-0.2, -0.15) is 0 Å². The lowest BCUT2D eigenvalue weighted by atomic mass is 9.80. The predicted octanol–water partition coefficient (Wildman–Crippen LogP) is 2.59. The molecule has 0 aliphatic carbocycles. The largest absolute Gasteiger partial charge is 0.302 e. The molecule has 80 valence electrons. The van der Waals surface area contributed by atoms with Crippen molar-refractivity contribution in [2.75, 3.05) is 0 Å². The Morgan fingerprint density at radius 3 is 2.31 bits per heavy atom. The molecule has 2 nitrogen and oxygen atoms in total. The molecule has 0 N–H and O–H groups in total. The molecule has 0 aliphatic rings. The molecular weight excluding hydrogens is 198 g/mol. The maximum Gasteiger partial charge on any atom is 0.136 e. The molecule has 0 aliphatic heterocycles. The number of carbonyl (C=O) groups excluding carboxylic acids is 1. The number of rotatable bonds is 3. The van der Waals surface area contributed by atoms with E-state index in [1.807, 2.05) is 55.5 Å². The van der Waals surface area contributed by atoms with Crippen LogP contribution in [0.4, 0.5) is 0 Å². The molecule has 0 radical (unpaired) electrons. The predicted molar refractivity (Wildman–Crippen MR) is 63.2 cm³/mol. The summed E-state index contributed by atoms with van der Waals surface area (Å²) in [7, 11) is 0. The van der Waals surface area contributed by atoms with Gasteiger partial charge >= 0.3 is 0 Å². The minimum Gasteiger partial charge on any atom is -0.302 e. The Balaban J connectivity index is 2.53. The number of aldehydes is 1. The normalized spacial score (nSPS) is 14.1. The number of carbonyl (C=O) groups is 1. The molecule has 2 aromatic rings. The molecule has 0 amide bonds. The van der Waals surface area contributed by atoms with Gasteiger partial charge in [-0.05, 0) is 24.6 Å². The lowest BCUT2D eigenvalue weighted by Crippen LogP contribution is -2.26. The van der Waals surface area contributed by atoms with Crippen LogP contribution in [-0.4, -0.2) is 11.3 Å². The van der Waals surface area contributed by atoms with Gasteiger partial charge in [0, 0.05) is 6.20 Å². The molecule has 2 rings (SSSR count). The van der Waals surface area contributed by atoms with E-state index in [0.29, 0.717) is 0 Å². The van der Waals surface area contributed by atoms with E-state index in [4.69, 9.17) is 0 Å². The first-order chi connectivity index (χ1) is 7.77. The molecule has 1 atom stereocenters. The van der Waals surface area contributed by atoms with Gasteiger partial charge < -0.3 is 4.79 Å². The summed E-state index contributed by atoms with van der Waals surface area (Å²) < 4.78 is 0. The lowest BCUT2D eigenvalue weighted by molar-refractivity contribution is -0.111. The van der Waals surface area contributed by atoms with E-state index in [2.05, 4.69) is 4.98 Å². The third kappa shape index (κ3) is 1.74. The number of pyridine rings is 1. The molecule has 2 heteroatoms. The second-order valence-corrected chi connectivity index (χ2v) is 3.90. The van der Waals surface area contributed by atoms with Crippen molar-refractivity contribution in [3.63, 3.8) is 0 Å². The van der Waals surface area contributed by atoms with Crippen molar-refractivity contribution in [1.82, 2.24) is 4.98 Å². The molecular formula is C14H13NO. The molecule has 0 spiro atoms. The van der Waals surface area contributed by atoms with E-state index >= 15 is 0 Å². The summed E-state index contributed by atoms with van der Waals surface area (Å²) in [6.07, 6.45) is 2.66. The number of benzene rings is 1. The van der Waals surface area contributed by atoms with Crippen molar-refractivity contribution < 1.29 is 4.79 Å². The topological polar surface area (TPSA) is 30.0 Å². The minimum absolute atomic E-state index is 0.664. The first-order valence-corrected chi connectivity index (χ1v) is 5.21. The summed E-state index contributed by atoms with van der Waals surface area (Å²) in [6.45, 7) is 1.89. The second kappa shape index (κ2) is 4.27. The van der Waals surface area contributed by atoms with Gasteiger partial charge in [0.1, 0.15) is 6.29 Å². The van der Waals surface area contributed by atoms with Crippen LogP contribution in [0, 0.1) is 0 Å². The summed E-state index contributed by atoms with van der Waals surface area (Å²) in [6, 6.07) is 15.3. The summed E-state index contributed by atoms with van der Waals surface area (Å²) in [5.74, 6) is 0. The molecule has 1 aromatic carbocycles. The highest BCUT2D eigenvalue weighted by Gasteiger charge is 2.29. The fourth-order valence-electron chi connectivity index (χ4n) is 1.73. The molecule has 1 heterocycles. The Morgan fingerprint density at radius 1 is 1.06 bits per heavy atom. The standard InChI is InChI=1S/C14H13NO/c1-14(11-16,12-7-3-2-4-8-12)13-9-5-6-10-15-13/h2-11H,1H3. The van der Waals surface area contributed by atoms with Crippen LogP contribution >= 0.6 is 0 Å². The Kier molecular flexibility index (Phi) is 2.82. The van der Waals surface area contributed by atoms with Crippen LogP contribution in [-0.2, 0) is 10.2 Å². The summed E-state index contributed by atoms with van der Waals surface area (Å²) in [5.41, 5.74) is 1.07. The molecule has 0 saturated carbocycles.